The largest absolute Gasteiger partial charge is 0.381 e. The van der Waals surface area contributed by atoms with Gasteiger partial charge in [0, 0.05) is 18.6 Å². The van der Waals surface area contributed by atoms with Crippen LogP contribution in [0.1, 0.15) is 20.3 Å². The molecule has 2 unspecified atom stereocenters. The van der Waals surface area contributed by atoms with Crippen LogP contribution in [0.5, 0.6) is 0 Å². The van der Waals surface area contributed by atoms with E-state index in [0.717, 1.165) is 6.07 Å². The van der Waals surface area contributed by atoms with E-state index in [1.807, 2.05) is 13.8 Å². The molecule has 1 fully saturated rings. The van der Waals surface area contributed by atoms with Gasteiger partial charge in [-0.15, -0.1) is 0 Å². The number of rotatable bonds is 4. The van der Waals surface area contributed by atoms with Gasteiger partial charge in [-0.1, -0.05) is 26.0 Å². The van der Waals surface area contributed by atoms with Crippen LogP contribution in [0.25, 0.3) is 0 Å². The molecule has 0 spiro atoms. The Morgan fingerprint density at radius 2 is 2.00 bits per heavy atom. The van der Waals surface area contributed by atoms with Crippen LogP contribution < -0.4 is 4.72 Å². The molecule has 0 heterocycles. The van der Waals surface area contributed by atoms with Gasteiger partial charge in [0.05, 0.1) is 6.10 Å². The highest BCUT2D eigenvalue weighted by atomic mass is 32.2. The minimum absolute atomic E-state index is 0.0146. The number of benzene rings is 1. The highest BCUT2D eigenvalue weighted by Crippen LogP contribution is 2.43. The molecule has 0 amide bonds. The molecule has 0 radical (unpaired) electrons. The maximum absolute atomic E-state index is 13.5. The minimum atomic E-state index is -3.83. The van der Waals surface area contributed by atoms with Gasteiger partial charge >= 0.3 is 0 Å². The molecule has 1 saturated carbocycles. The lowest BCUT2D eigenvalue weighted by Crippen LogP contribution is -2.61. The van der Waals surface area contributed by atoms with E-state index in [2.05, 4.69) is 4.72 Å². The number of nitrogens with one attached hydrogen (secondary N) is 1. The van der Waals surface area contributed by atoms with Crippen molar-refractivity contribution in [2.75, 3.05) is 7.11 Å². The monoisotopic (exact) mass is 287 g/mol. The molecule has 1 N–H and O–H groups in total. The summed E-state index contributed by atoms with van der Waals surface area (Å²) < 4.78 is 45.7. The fraction of sp³-hybridized carbons (Fsp3) is 0.538. The Morgan fingerprint density at radius 1 is 1.37 bits per heavy atom. The average molecular weight is 287 g/mol. The van der Waals surface area contributed by atoms with Crippen molar-refractivity contribution in [2.24, 2.45) is 5.41 Å². The van der Waals surface area contributed by atoms with Crippen LogP contribution in [-0.2, 0) is 14.8 Å². The first-order valence-corrected chi connectivity index (χ1v) is 7.57. The first kappa shape index (κ1) is 14.4. The molecule has 6 heteroatoms. The molecule has 0 aliphatic heterocycles. The van der Waals surface area contributed by atoms with Crippen molar-refractivity contribution in [3.8, 4) is 0 Å². The summed E-state index contributed by atoms with van der Waals surface area (Å²) in [5.41, 5.74) is -0.299. The van der Waals surface area contributed by atoms with Gasteiger partial charge in [-0.2, -0.15) is 0 Å². The van der Waals surface area contributed by atoms with Crippen LogP contribution in [0.15, 0.2) is 29.2 Å². The Balaban J connectivity index is 2.19. The van der Waals surface area contributed by atoms with Crippen molar-refractivity contribution in [1.29, 1.82) is 0 Å². The van der Waals surface area contributed by atoms with Crippen molar-refractivity contribution >= 4 is 10.0 Å². The highest BCUT2D eigenvalue weighted by Gasteiger charge is 2.50. The van der Waals surface area contributed by atoms with Gasteiger partial charge in [-0.05, 0) is 18.6 Å². The molecular formula is C13H18FNO3S. The topological polar surface area (TPSA) is 55.4 Å². The van der Waals surface area contributed by atoms with Crippen LogP contribution in [0, 0.1) is 11.2 Å². The zero-order valence-corrected chi connectivity index (χ0v) is 12.0. The molecule has 4 nitrogen and oxygen atoms in total. The Labute approximate surface area is 113 Å². The normalized spacial score (nSPS) is 25.9. The summed E-state index contributed by atoms with van der Waals surface area (Å²) >= 11 is 0. The van der Waals surface area contributed by atoms with Gasteiger partial charge in [0.1, 0.15) is 10.7 Å². The summed E-state index contributed by atoms with van der Waals surface area (Å²) in [6.07, 6.45) is 0.609. The number of halogens is 1. The third kappa shape index (κ3) is 2.52. The van der Waals surface area contributed by atoms with E-state index in [-0.39, 0.29) is 22.5 Å². The van der Waals surface area contributed by atoms with E-state index in [1.54, 1.807) is 7.11 Å². The lowest BCUT2D eigenvalue weighted by Gasteiger charge is -2.50. The Kier molecular flexibility index (Phi) is 3.68. The molecule has 1 aliphatic rings. The lowest BCUT2D eigenvalue weighted by atomic mass is 9.65. The van der Waals surface area contributed by atoms with Gasteiger partial charge in [-0.25, -0.2) is 17.5 Å². The van der Waals surface area contributed by atoms with E-state index in [9.17, 15) is 12.8 Å². The maximum atomic E-state index is 13.5. The molecule has 1 aromatic carbocycles. The fourth-order valence-corrected chi connectivity index (χ4v) is 3.88. The lowest BCUT2D eigenvalue weighted by molar-refractivity contribution is -0.0908. The SMILES string of the molecule is COC1CC(NS(=O)(=O)c2ccccc2F)C1(C)C. The number of methoxy groups -OCH3 is 1. The number of ether oxygens (including phenoxy) is 1. The molecule has 19 heavy (non-hydrogen) atoms. The predicted molar refractivity (Wildman–Crippen MR) is 69.7 cm³/mol. The Hall–Kier alpha value is -0.980. The molecular weight excluding hydrogens is 269 g/mol. The summed E-state index contributed by atoms with van der Waals surface area (Å²) in [6.45, 7) is 3.86. The Morgan fingerprint density at radius 3 is 2.53 bits per heavy atom. The molecule has 2 rings (SSSR count). The van der Waals surface area contributed by atoms with Gasteiger partial charge in [0.2, 0.25) is 10.0 Å². The minimum Gasteiger partial charge on any atom is -0.381 e. The summed E-state index contributed by atoms with van der Waals surface area (Å²) in [4.78, 5) is -0.313. The van der Waals surface area contributed by atoms with E-state index >= 15 is 0 Å². The van der Waals surface area contributed by atoms with E-state index in [0.29, 0.717) is 6.42 Å². The molecule has 0 bridgehead atoms. The third-order valence-electron chi connectivity index (χ3n) is 3.89. The Bertz CT molecular complexity index is 571. The molecule has 1 aromatic rings. The second kappa shape index (κ2) is 4.85. The van der Waals surface area contributed by atoms with Crippen molar-refractivity contribution in [2.45, 2.75) is 37.3 Å². The van der Waals surface area contributed by atoms with E-state index < -0.39 is 15.8 Å². The zero-order chi connectivity index (χ0) is 14.3. The maximum Gasteiger partial charge on any atom is 0.243 e. The fourth-order valence-electron chi connectivity index (χ4n) is 2.40. The van der Waals surface area contributed by atoms with Gasteiger partial charge in [0.25, 0.3) is 0 Å². The summed E-state index contributed by atoms with van der Waals surface area (Å²) in [7, 11) is -2.23. The summed E-state index contributed by atoms with van der Waals surface area (Å²) in [6, 6.07) is 5.11. The van der Waals surface area contributed by atoms with E-state index in [4.69, 9.17) is 4.74 Å². The van der Waals surface area contributed by atoms with Crippen molar-refractivity contribution in [1.82, 2.24) is 4.72 Å². The van der Waals surface area contributed by atoms with E-state index in [1.165, 1.54) is 18.2 Å². The third-order valence-corrected chi connectivity index (χ3v) is 5.39. The molecule has 0 saturated heterocycles. The van der Waals surface area contributed by atoms with Crippen molar-refractivity contribution in [3.63, 3.8) is 0 Å². The zero-order valence-electron chi connectivity index (χ0n) is 11.2. The smallest absolute Gasteiger partial charge is 0.243 e. The second-order valence-electron chi connectivity index (χ2n) is 5.39. The predicted octanol–water partition coefficient (Wildman–Crippen LogP) is 1.92. The van der Waals surface area contributed by atoms with Crippen LogP contribution in [-0.4, -0.2) is 27.7 Å². The molecule has 106 valence electrons. The first-order valence-electron chi connectivity index (χ1n) is 6.08. The standard InChI is InChI=1S/C13H18FNO3S/c1-13(2)11(8-12(13)18-3)15-19(16,17)10-7-5-4-6-9(10)14/h4-7,11-12,15H,8H2,1-3H3. The average Bonchev–Trinajstić information content (AvgIpc) is 2.34. The van der Waals surface area contributed by atoms with Gasteiger partial charge < -0.3 is 4.74 Å². The van der Waals surface area contributed by atoms with Gasteiger partial charge in [0.15, 0.2) is 0 Å². The van der Waals surface area contributed by atoms with Crippen LogP contribution >= 0.6 is 0 Å². The molecule has 1 aliphatic carbocycles. The second-order valence-corrected chi connectivity index (χ2v) is 7.07. The summed E-state index contributed by atoms with van der Waals surface area (Å²) in [5.74, 6) is -0.740. The molecule has 2 atom stereocenters. The van der Waals surface area contributed by atoms with Gasteiger partial charge in [-0.3, -0.25) is 0 Å². The van der Waals surface area contributed by atoms with Crippen molar-refractivity contribution < 1.29 is 17.5 Å². The van der Waals surface area contributed by atoms with Crippen molar-refractivity contribution in [3.05, 3.63) is 30.1 Å². The number of sulfonamides is 1. The number of hydrogen-bond acceptors (Lipinski definition) is 3. The highest BCUT2D eigenvalue weighted by molar-refractivity contribution is 7.89. The van der Waals surface area contributed by atoms with Crippen LogP contribution in [0.3, 0.4) is 0 Å². The number of hydrogen-bond donors (Lipinski definition) is 1. The first-order chi connectivity index (χ1) is 8.79. The van der Waals surface area contributed by atoms with Crippen LogP contribution in [0.4, 0.5) is 4.39 Å². The quantitative estimate of drug-likeness (QED) is 0.920. The molecule has 0 aromatic heterocycles. The van der Waals surface area contributed by atoms with Crippen LogP contribution in [0.2, 0.25) is 0 Å². The summed E-state index contributed by atoms with van der Waals surface area (Å²) in [5, 5.41) is 0.